The Kier molecular flexibility index (Phi) is 8.03. The number of amides is 3. The largest absolute Gasteiger partial charge is 0.739 e. The second kappa shape index (κ2) is 10.9. The summed E-state index contributed by atoms with van der Waals surface area (Å²) in [5, 5.41) is 20.8. The van der Waals surface area contributed by atoms with Crippen LogP contribution in [0.15, 0.2) is 47.5 Å². The van der Waals surface area contributed by atoms with Crippen molar-refractivity contribution in [1.29, 1.82) is 0 Å². The molecule has 11 nitrogen and oxygen atoms in total. The van der Waals surface area contributed by atoms with Crippen LogP contribution in [0.25, 0.3) is 0 Å². The summed E-state index contributed by atoms with van der Waals surface area (Å²) in [6.45, 7) is 5.97. The molecule has 34 heavy (non-hydrogen) atoms. The lowest BCUT2D eigenvalue weighted by Crippen LogP contribution is -2.50. The second-order valence-electron chi connectivity index (χ2n) is 8.21. The van der Waals surface area contributed by atoms with E-state index in [1.165, 1.54) is 6.07 Å². The number of hydrogen-bond acceptors (Lipinski definition) is 8. The number of rotatable bonds is 6. The molecule has 0 aliphatic carbocycles. The van der Waals surface area contributed by atoms with E-state index in [2.05, 4.69) is 26.4 Å². The van der Waals surface area contributed by atoms with Crippen LogP contribution >= 0.6 is 11.6 Å². The predicted octanol–water partition coefficient (Wildman–Crippen LogP) is 4.27. The number of guanidine groups is 1. The number of halogens is 1. The van der Waals surface area contributed by atoms with E-state index >= 15 is 0 Å². The molecule has 0 aromatic heterocycles. The van der Waals surface area contributed by atoms with Crippen molar-refractivity contribution in [2.45, 2.75) is 32.8 Å². The zero-order chi connectivity index (χ0) is 24.7. The second-order valence-corrected chi connectivity index (χ2v) is 8.64. The molecule has 0 fully saturated rings. The summed E-state index contributed by atoms with van der Waals surface area (Å²) in [5.74, 6) is 0.343. The van der Waals surface area contributed by atoms with Crippen LogP contribution in [0.2, 0.25) is 5.02 Å². The molecule has 0 saturated carbocycles. The summed E-state index contributed by atoms with van der Waals surface area (Å²) in [6, 6.07) is 10.8. The van der Waals surface area contributed by atoms with Crippen molar-refractivity contribution in [3.05, 3.63) is 52.7 Å². The molecule has 2 aromatic rings. The third-order valence-corrected chi connectivity index (χ3v) is 4.44. The van der Waals surface area contributed by atoms with Crippen molar-refractivity contribution >= 4 is 46.7 Å². The summed E-state index contributed by atoms with van der Waals surface area (Å²) >= 11 is 6.07. The smallest absolute Gasteiger partial charge is 0.407 e. The molecule has 0 unspecified atom stereocenters. The molecule has 0 bridgehead atoms. The van der Waals surface area contributed by atoms with Gasteiger partial charge in [-0.05, 0) is 57.5 Å². The molecule has 182 valence electrons. The van der Waals surface area contributed by atoms with Crippen molar-refractivity contribution in [2.24, 2.45) is 4.99 Å². The molecule has 1 aliphatic heterocycles. The van der Waals surface area contributed by atoms with E-state index in [-0.39, 0.29) is 12.6 Å². The van der Waals surface area contributed by atoms with Crippen LogP contribution in [0, 0.1) is 5.21 Å². The Morgan fingerprint density at radius 2 is 1.94 bits per heavy atom. The molecule has 1 heterocycles. The van der Waals surface area contributed by atoms with E-state index < -0.39 is 17.7 Å². The molecule has 2 aromatic carbocycles. The number of nitrogens with one attached hydrogen (secondary N) is 4. The van der Waals surface area contributed by atoms with Gasteiger partial charge in [-0.1, -0.05) is 23.7 Å². The monoisotopic (exact) mass is 489 g/mol. The maximum Gasteiger partial charge on any atom is 0.407 e. The number of fused-ring (bicyclic) bond motifs is 1. The van der Waals surface area contributed by atoms with Crippen molar-refractivity contribution in [2.75, 3.05) is 23.6 Å². The first-order chi connectivity index (χ1) is 16.1. The number of benzene rings is 2. The number of hydrogen-bond donors (Lipinski definition) is 4. The summed E-state index contributed by atoms with van der Waals surface area (Å²) in [6.07, 6.45) is 0.00370. The number of para-hydroxylation sites is 2. The van der Waals surface area contributed by atoms with E-state index in [0.29, 0.717) is 46.0 Å². The molecule has 0 saturated heterocycles. The fraction of sp³-hybridized carbons (Fsp3) is 0.318. The first-order valence-corrected chi connectivity index (χ1v) is 10.9. The minimum atomic E-state index is -0.655. The zero-order valence-electron chi connectivity index (χ0n) is 19.0. The van der Waals surface area contributed by atoms with Crippen LogP contribution in [0.3, 0.4) is 0 Å². The lowest BCUT2D eigenvalue weighted by atomic mass is 10.2. The van der Waals surface area contributed by atoms with E-state index in [9.17, 15) is 14.8 Å². The number of nitrogens with zero attached hydrogens (tertiary/aromatic N) is 2. The highest BCUT2D eigenvalue weighted by Gasteiger charge is 2.17. The van der Waals surface area contributed by atoms with Gasteiger partial charge in [0.2, 0.25) is 5.96 Å². The van der Waals surface area contributed by atoms with Gasteiger partial charge in [-0.2, -0.15) is 0 Å². The van der Waals surface area contributed by atoms with E-state index in [1.807, 2.05) is 0 Å². The van der Waals surface area contributed by atoms with Crippen LogP contribution in [0.1, 0.15) is 27.2 Å². The number of ether oxygens (including phenoxy) is 2. The van der Waals surface area contributed by atoms with Gasteiger partial charge in [0.05, 0.1) is 23.7 Å². The fourth-order valence-corrected chi connectivity index (χ4v) is 3.01. The normalized spacial score (nSPS) is 12.6. The topological polar surface area (TPSA) is 139 Å². The number of carbonyl (C=O) groups is 2. The lowest BCUT2D eigenvalue weighted by molar-refractivity contribution is 0.0525. The Morgan fingerprint density at radius 1 is 1.18 bits per heavy atom. The molecule has 1 aliphatic rings. The van der Waals surface area contributed by atoms with Gasteiger partial charge in [0, 0.05) is 11.6 Å². The van der Waals surface area contributed by atoms with Crippen LogP contribution in [0.5, 0.6) is 5.75 Å². The van der Waals surface area contributed by atoms with Gasteiger partial charge >= 0.3 is 12.1 Å². The number of aliphatic imine (C=N–C) groups is 1. The van der Waals surface area contributed by atoms with Gasteiger partial charge in [-0.15, -0.1) is 0 Å². The molecule has 12 heteroatoms. The Labute approximate surface area is 202 Å². The molecular formula is C22H26ClN6O5-. The van der Waals surface area contributed by atoms with Gasteiger partial charge in [0.15, 0.2) is 0 Å². The van der Waals surface area contributed by atoms with Gasteiger partial charge < -0.3 is 30.5 Å². The molecule has 0 atom stereocenters. The Hall–Kier alpha value is -3.70. The van der Waals surface area contributed by atoms with Crippen molar-refractivity contribution in [3.8, 4) is 5.75 Å². The average Bonchev–Trinajstić information content (AvgIpc) is 2.73. The molecule has 3 amide bonds. The van der Waals surface area contributed by atoms with E-state index in [0.717, 1.165) is 0 Å². The number of hydrazine groups is 1. The van der Waals surface area contributed by atoms with Gasteiger partial charge in [-0.25, -0.2) is 14.6 Å². The number of urea groups is 1. The quantitative estimate of drug-likeness (QED) is 0.444. The van der Waals surface area contributed by atoms with Crippen LogP contribution in [0.4, 0.5) is 26.7 Å². The maximum absolute atomic E-state index is 12.5. The highest BCUT2D eigenvalue weighted by atomic mass is 35.5. The number of alkyl carbamates (subject to hydrolysis) is 1. The minimum absolute atomic E-state index is 0.0380. The van der Waals surface area contributed by atoms with Crippen molar-refractivity contribution in [3.63, 3.8) is 0 Å². The highest BCUT2D eigenvalue weighted by molar-refractivity contribution is 6.31. The summed E-state index contributed by atoms with van der Waals surface area (Å²) in [7, 11) is 0. The first kappa shape index (κ1) is 24.9. The van der Waals surface area contributed by atoms with E-state index in [4.69, 9.17) is 21.1 Å². The fourth-order valence-electron chi connectivity index (χ4n) is 2.83. The summed E-state index contributed by atoms with van der Waals surface area (Å²) < 4.78 is 10.9. The highest BCUT2D eigenvalue weighted by Crippen LogP contribution is 2.30. The van der Waals surface area contributed by atoms with E-state index in [1.54, 1.807) is 57.2 Å². The number of anilines is 2. The molecule has 4 N–H and O–H groups in total. The Balaban J connectivity index is 1.53. The summed E-state index contributed by atoms with van der Waals surface area (Å²) in [4.78, 5) is 28.4. The lowest BCUT2D eigenvalue weighted by Gasteiger charge is -2.35. The standard InChI is InChI=1S/C22H26ClN6O5/c1-22(2,3)34-21(31)24-11-6-12-33-18-10-9-14(23)13-16(18)26-20(30)27-19-25-15-7-4-5-8-17(15)29(32)28-19/h4-5,7-10,13H,6,11-12H2,1-3H3,(H,24,31)(H3,25,26,27,28,30)/q-1. The molecule has 0 spiro atoms. The van der Waals surface area contributed by atoms with Crippen LogP contribution in [-0.4, -0.2) is 36.8 Å². The Morgan fingerprint density at radius 3 is 2.71 bits per heavy atom. The average molecular weight is 490 g/mol. The summed E-state index contributed by atoms with van der Waals surface area (Å²) in [5.41, 5.74) is 2.94. The third-order valence-electron chi connectivity index (χ3n) is 4.21. The van der Waals surface area contributed by atoms with Crippen molar-refractivity contribution < 1.29 is 19.1 Å². The van der Waals surface area contributed by atoms with Gasteiger partial charge in [0.1, 0.15) is 11.4 Å². The molecule has 3 rings (SSSR count). The van der Waals surface area contributed by atoms with Gasteiger partial charge in [-0.3, -0.25) is 10.7 Å². The zero-order valence-corrected chi connectivity index (χ0v) is 19.7. The molecular weight excluding hydrogens is 464 g/mol. The van der Waals surface area contributed by atoms with Crippen LogP contribution in [-0.2, 0) is 4.74 Å². The maximum atomic E-state index is 12.5. The van der Waals surface area contributed by atoms with Crippen LogP contribution < -0.4 is 31.3 Å². The van der Waals surface area contributed by atoms with Crippen molar-refractivity contribution in [1.82, 2.24) is 16.1 Å². The molecule has 0 radical (unpaired) electrons. The Bertz CT molecular complexity index is 1070. The SMILES string of the molecule is CC(C)(C)OC(=O)NCCCOc1ccc(Cl)cc1NC(=O)NC1=Nc2ccccc2N([O-])N1. The van der Waals surface area contributed by atoms with Gasteiger partial charge in [0.25, 0.3) is 0 Å². The minimum Gasteiger partial charge on any atom is -0.739 e. The third kappa shape index (κ3) is 7.42. The first-order valence-electron chi connectivity index (χ1n) is 10.5. The predicted molar refractivity (Wildman–Crippen MR) is 130 cm³/mol. The number of carbonyl (C=O) groups excluding carboxylic acids is 2.